The third-order valence-corrected chi connectivity index (χ3v) is 2.11. The van der Waals surface area contributed by atoms with E-state index in [9.17, 15) is 0 Å². The molecule has 0 spiro atoms. The molecule has 1 aromatic carbocycles. The van der Waals surface area contributed by atoms with E-state index in [0.717, 1.165) is 12.8 Å². The second-order valence-corrected chi connectivity index (χ2v) is 3.09. The molecule has 1 heteroatoms. The minimum Gasteiger partial charge on any atom is -0.313 e. The molecule has 0 heterocycles. The van der Waals surface area contributed by atoms with Crippen LogP contribution in [0.25, 0.3) is 0 Å². The Morgan fingerprint density at radius 3 is 2.58 bits per heavy atom. The molecule has 0 bridgehead atoms. The maximum absolute atomic E-state index is 6.93. The number of nitrogens with one attached hydrogen (secondary N) is 1. The lowest BCUT2D eigenvalue weighted by molar-refractivity contribution is 0.706. The summed E-state index contributed by atoms with van der Waals surface area (Å²) >= 11 is 0. The molecule has 1 aromatic rings. The lowest BCUT2D eigenvalue weighted by Crippen LogP contribution is -1.92. The van der Waals surface area contributed by atoms with Crippen molar-refractivity contribution in [2.75, 3.05) is 0 Å². The molecular formula is C11H15N. The average Bonchev–Trinajstić information content (AvgIpc) is 2.15. The Morgan fingerprint density at radius 2 is 2.00 bits per heavy atom. The van der Waals surface area contributed by atoms with Crippen LogP contribution < -0.4 is 0 Å². The first kappa shape index (κ1) is 8.98. The van der Waals surface area contributed by atoms with Crippen molar-refractivity contribution in [3.63, 3.8) is 0 Å². The molecule has 1 unspecified atom stereocenters. The summed E-state index contributed by atoms with van der Waals surface area (Å²) in [6.07, 6.45) is 3.45. The van der Waals surface area contributed by atoms with Crippen LogP contribution in [0, 0.1) is 5.41 Å². The van der Waals surface area contributed by atoms with Gasteiger partial charge in [-0.2, -0.15) is 0 Å². The van der Waals surface area contributed by atoms with Crippen molar-refractivity contribution in [3.8, 4) is 0 Å². The van der Waals surface area contributed by atoms with Crippen molar-refractivity contribution >= 4 is 6.21 Å². The van der Waals surface area contributed by atoms with Gasteiger partial charge in [0.05, 0.1) is 0 Å². The van der Waals surface area contributed by atoms with Crippen LogP contribution in [-0.4, -0.2) is 6.21 Å². The Bertz CT molecular complexity index is 228. The summed E-state index contributed by atoms with van der Waals surface area (Å²) in [4.78, 5) is 0. The fourth-order valence-corrected chi connectivity index (χ4v) is 1.28. The van der Waals surface area contributed by atoms with E-state index in [2.05, 4.69) is 31.2 Å². The van der Waals surface area contributed by atoms with Gasteiger partial charge in [-0.15, -0.1) is 0 Å². The van der Waals surface area contributed by atoms with Crippen LogP contribution in [0.5, 0.6) is 0 Å². The number of hydrogen-bond donors (Lipinski definition) is 1. The average molecular weight is 161 g/mol. The summed E-state index contributed by atoms with van der Waals surface area (Å²) in [6.45, 7) is 2.21. The maximum Gasteiger partial charge on any atom is -0.00475 e. The van der Waals surface area contributed by atoms with Crippen molar-refractivity contribution in [2.45, 2.75) is 25.7 Å². The van der Waals surface area contributed by atoms with Crippen molar-refractivity contribution in [1.82, 2.24) is 0 Å². The highest BCUT2D eigenvalue weighted by molar-refractivity contribution is 5.52. The highest BCUT2D eigenvalue weighted by Gasteiger charge is 2.02. The number of rotatable bonds is 4. The molecule has 64 valence electrons. The molecule has 0 aliphatic carbocycles. The molecule has 0 saturated carbocycles. The van der Waals surface area contributed by atoms with Gasteiger partial charge in [-0.1, -0.05) is 37.3 Å². The van der Waals surface area contributed by atoms with Gasteiger partial charge in [0, 0.05) is 0 Å². The fourth-order valence-electron chi connectivity index (χ4n) is 1.28. The minimum absolute atomic E-state index is 0.577. The van der Waals surface area contributed by atoms with E-state index in [-0.39, 0.29) is 0 Å². The first-order valence-corrected chi connectivity index (χ1v) is 4.38. The summed E-state index contributed by atoms with van der Waals surface area (Å²) < 4.78 is 0. The summed E-state index contributed by atoms with van der Waals surface area (Å²) in [5, 5.41) is 6.93. The van der Waals surface area contributed by atoms with Crippen LogP contribution in [-0.2, 0) is 0 Å². The molecule has 0 aromatic heterocycles. The van der Waals surface area contributed by atoms with Crippen molar-refractivity contribution < 1.29 is 0 Å². The third kappa shape index (κ3) is 2.50. The van der Waals surface area contributed by atoms with Crippen LogP contribution in [0.15, 0.2) is 30.3 Å². The Morgan fingerprint density at radius 1 is 1.33 bits per heavy atom. The Labute approximate surface area is 73.9 Å². The minimum atomic E-state index is 0.577. The monoisotopic (exact) mass is 161 g/mol. The lowest BCUT2D eigenvalue weighted by atomic mass is 9.97. The second kappa shape index (κ2) is 4.70. The van der Waals surface area contributed by atoms with E-state index in [1.807, 2.05) is 6.07 Å². The highest BCUT2D eigenvalue weighted by Crippen LogP contribution is 2.18. The number of benzene rings is 1. The molecule has 0 aliphatic heterocycles. The molecular weight excluding hydrogens is 146 g/mol. The largest absolute Gasteiger partial charge is 0.313 e. The van der Waals surface area contributed by atoms with E-state index >= 15 is 0 Å². The normalized spacial score (nSPS) is 12.4. The SMILES string of the molecule is CC(CCC=N)c1ccccc1. The van der Waals surface area contributed by atoms with Crippen LogP contribution in [0.2, 0.25) is 0 Å². The summed E-state index contributed by atoms with van der Waals surface area (Å²) in [6, 6.07) is 10.5. The topological polar surface area (TPSA) is 23.9 Å². The molecule has 1 nitrogen and oxygen atoms in total. The fraction of sp³-hybridized carbons (Fsp3) is 0.364. The third-order valence-electron chi connectivity index (χ3n) is 2.11. The number of hydrogen-bond acceptors (Lipinski definition) is 1. The molecule has 0 saturated heterocycles. The predicted octanol–water partition coefficient (Wildman–Crippen LogP) is 3.22. The van der Waals surface area contributed by atoms with Gasteiger partial charge < -0.3 is 5.41 Å². The second-order valence-electron chi connectivity index (χ2n) is 3.09. The van der Waals surface area contributed by atoms with Crippen LogP contribution in [0.4, 0.5) is 0 Å². The molecule has 0 radical (unpaired) electrons. The van der Waals surface area contributed by atoms with Crippen LogP contribution in [0.1, 0.15) is 31.2 Å². The standard InChI is InChI=1S/C11H15N/c1-10(6-5-9-12)11-7-3-2-4-8-11/h2-4,7-10,12H,5-6H2,1H3. The summed E-state index contributed by atoms with van der Waals surface area (Å²) in [7, 11) is 0. The van der Waals surface area contributed by atoms with E-state index in [4.69, 9.17) is 5.41 Å². The first-order chi connectivity index (χ1) is 5.84. The predicted molar refractivity (Wildman–Crippen MR) is 52.9 cm³/mol. The lowest BCUT2D eigenvalue weighted by Gasteiger charge is -2.08. The first-order valence-electron chi connectivity index (χ1n) is 4.38. The zero-order chi connectivity index (χ0) is 8.81. The molecule has 1 N–H and O–H groups in total. The van der Waals surface area contributed by atoms with Crippen molar-refractivity contribution in [1.29, 1.82) is 5.41 Å². The zero-order valence-electron chi connectivity index (χ0n) is 7.46. The highest BCUT2D eigenvalue weighted by atomic mass is 14.3. The Hall–Kier alpha value is -1.11. The van der Waals surface area contributed by atoms with Crippen LogP contribution in [0.3, 0.4) is 0 Å². The van der Waals surface area contributed by atoms with E-state index in [0.29, 0.717) is 5.92 Å². The van der Waals surface area contributed by atoms with Crippen LogP contribution >= 0.6 is 0 Å². The molecule has 1 rings (SSSR count). The van der Waals surface area contributed by atoms with Crippen molar-refractivity contribution in [2.24, 2.45) is 0 Å². The van der Waals surface area contributed by atoms with Gasteiger partial charge in [0.25, 0.3) is 0 Å². The molecule has 12 heavy (non-hydrogen) atoms. The molecule has 0 fully saturated rings. The van der Waals surface area contributed by atoms with Gasteiger partial charge in [0.1, 0.15) is 0 Å². The summed E-state index contributed by atoms with van der Waals surface area (Å²) in [5.41, 5.74) is 1.37. The van der Waals surface area contributed by atoms with Gasteiger partial charge in [-0.05, 0) is 30.5 Å². The smallest absolute Gasteiger partial charge is 0.00475 e. The quantitative estimate of drug-likeness (QED) is 0.656. The van der Waals surface area contributed by atoms with Gasteiger partial charge in [0.2, 0.25) is 0 Å². The maximum atomic E-state index is 6.93. The Kier molecular flexibility index (Phi) is 3.52. The van der Waals surface area contributed by atoms with Gasteiger partial charge in [-0.25, -0.2) is 0 Å². The van der Waals surface area contributed by atoms with Gasteiger partial charge >= 0.3 is 0 Å². The van der Waals surface area contributed by atoms with Crippen molar-refractivity contribution in [3.05, 3.63) is 35.9 Å². The van der Waals surface area contributed by atoms with E-state index in [1.54, 1.807) is 0 Å². The zero-order valence-corrected chi connectivity index (χ0v) is 7.46. The van der Waals surface area contributed by atoms with Gasteiger partial charge in [-0.3, -0.25) is 0 Å². The molecule has 0 amide bonds. The van der Waals surface area contributed by atoms with E-state index < -0.39 is 0 Å². The molecule has 0 aliphatic rings. The van der Waals surface area contributed by atoms with Gasteiger partial charge in [0.15, 0.2) is 0 Å². The van der Waals surface area contributed by atoms with E-state index in [1.165, 1.54) is 11.8 Å². The molecule has 1 atom stereocenters. The summed E-state index contributed by atoms with van der Waals surface area (Å²) in [5.74, 6) is 0.577. The Balaban J connectivity index is 2.53.